The van der Waals surface area contributed by atoms with Gasteiger partial charge in [0.2, 0.25) is 23.1 Å². The van der Waals surface area contributed by atoms with Crippen LogP contribution in [-0.4, -0.2) is 75.6 Å². The van der Waals surface area contributed by atoms with E-state index < -0.39 is 17.8 Å². The third-order valence-corrected chi connectivity index (χ3v) is 6.75. The molecule has 1 saturated heterocycles. The molecular weight excluding hydrogens is 571 g/mol. The first-order valence-corrected chi connectivity index (χ1v) is 13.5. The summed E-state index contributed by atoms with van der Waals surface area (Å²) in [5.74, 6) is 1.61. The zero-order valence-corrected chi connectivity index (χ0v) is 23.6. The van der Waals surface area contributed by atoms with Gasteiger partial charge in [0.25, 0.3) is 5.91 Å². The molecule has 0 bridgehead atoms. The summed E-state index contributed by atoms with van der Waals surface area (Å²) in [5.41, 5.74) is 1.09. The number of anilines is 2. The fourth-order valence-electron chi connectivity index (χ4n) is 4.53. The molecule has 0 spiro atoms. The van der Waals surface area contributed by atoms with Gasteiger partial charge in [-0.1, -0.05) is 12.1 Å². The van der Waals surface area contributed by atoms with Gasteiger partial charge in [0, 0.05) is 43.3 Å². The highest BCUT2D eigenvalue weighted by molar-refractivity contribution is 7.80. The lowest BCUT2D eigenvalue weighted by Gasteiger charge is -2.38. The molecule has 10 nitrogen and oxygen atoms in total. The summed E-state index contributed by atoms with van der Waals surface area (Å²) >= 11 is 5.41. The first-order chi connectivity index (χ1) is 20.0. The molecule has 1 fully saturated rings. The van der Waals surface area contributed by atoms with Gasteiger partial charge in [-0.05, 0) is 68.5 Å². The molecule has 1 atom stereocenters. The van der Waals surface area contributed by atoms with Crippen molar-refractivity contribution < 1.29 is 27.4 Å². The molecule has 5 rings (SSSR count). The maximum atomic E-state index is 13.2. The second-order valence-corrected chi connectivity index (χ2v) is 10.1. The number of amides is 1. The maximum Gasteiger partial charge on any atom is 0.416 e. The van der Waals surface area contributed by atoms with Crippen molar-refractivity contribution in [3.05, 3.63) is 71.5 Å². The van der Waals surface area contributed by atoms with Crippen LogP contribution >= 0.6 is 12.2 Å². The number of nitrogens with one attached hydrogen (secondary N) is 2. The Kier molecular flexibility index (Phi) is 8.43. The van der Waals surface area contributed by atoms with Crippen LogP contribution in [0.3, 0.4) is 0 Å². The van der Waals surface area contributed by atoms with Gasteiger partial charge in [-0.2, -0.15) is 18.2 Å². The van der Waals surface area contributed by atoms with Crippen LogP contribution in [0.4, 0.5) is 24.8 Å². The minimum Gasteiger partial charge on any atom is -0.485 e. The van der Waals surface area contributed by atoms with Crippen molar-refractivity contribution in [2.24, 2.45) is 4.99 Å². The van der Waals surface area contributed by atoms with Crippen LogP contribution in [0.1, 0.15) is 17.0 Å². The number of thiocarbonyl (C=S) groups is 1. The van der Waals surface area contributed by atoms with Gasteiger partial charge in [-0.3, -0.25) is 10.1 Å². The number of para-hydroxylation sites is 2. The molecule has 220 valence electrons. The monoisotopic (exact) mass is 599 g/mol. The number of hydrogen-bond donors (Lipinski definition) is 2. The largest absolute Gasteiger partial charge is 0.485 e. The summed E-state index contributed by atoms with van der Waals surface area (Å²) in [6.07, 6.45) is -5.19. The zero-order valence-electron chi connectivity index (χ0n) is 22.8. The standard InChI is InChI=1S/C28H28F3N7O3S/c1-17-15-18(2)33-25(32-17)35-26(36-27(42)34-20-9-7-19(8-10-20)28(29,30)31)38-13-11-37(12-14-38)24(39)23-16-40-21-5-3-4-6-22(21)41-23/h3-10,15,23H,11-14,16H2,1-2H3,(H2,32,33,34,35,36,42). The molecule has 3 aromatic rings. The molecule has 0 radical (unpaired) electrons. The highest BCUT2D eigenvalue weighted by Gasteiger charge is 2.33. The number of aromatic nitrogens is 2. The van der Waals surface area contributed by atoms with Gasteiger partial charge in [-0.15, -0.1) is 0 Å². The van der Waals surface area contributed by atoms with E-state index in [2.05, 4.69) is 25.6 Å². The second kappa shape index (κ2) is 12.2. The Balaban J connectivity index is 1.28. The van der Waals surface area contributed by atoms with Gasteiger partial charge in [-0.25, -0.2) is 9.97 Å². The molecule has 2 aliphatic heterocycles. The minimum absolute atomic E-state index is 0.0200. The van der Waals surface area contributed by atoms with Crippen LogP contribution in [0.2, 0.25) is 0 Å². The van der Waals surface area contributed by atoms with Crippen LogP contribution in [0.25, 0.3) is 0 Å². The van der Waals surface area contributed by atoms with Gasteiger partial charge < -0.3 is 24.6 Å². The van der Waals surface area contributed by atoms with Crippen LogP contribution in [0.15, 0.2) is 59.6 Å². The SMILES string of the molecule is Cc1cc(C)nc(N/C(=N/C(=S)Nc2ccc(C(F)(F)F)cc2)N2CCN(C(=O)C3COc4ccccc4O3)CC2)n1. The third-order valence-electron chi connectivity index (χ3n) is 6.55. The van der Waals surface area contributed by atoms with Gasteiger partial charge >= 0.3 is 6.18 Å². The van der Waals surface area contributed by atoms with Gasteiger partial charge in [0.15, 0.2) is 11.5 Å². The smallest absolute Gasteiger partial charge is 0.416 e. The Morgan fingerprint density at radius 3 is 2.21 bits per heavy atom. The second-order valence-electron chi connectivity index (χ2n) is 9.72. The van der Waals surface area contributed by atoms with Crippen molar-refractivity contribution in [3.63, 3.8) is 0 Å². The normalized spacial score (nSPS) is 17.1. The van der Waals surface area contributed by atoms with Crippen LogP contribution < -0.4 is 20.1 Å². The number of rotatable bonds is 3. The highest BCUT2D eigenvalue weighted by Crippen LogP contribution is 2.32. The summed E-state index contributed by atoms with van der Waals surface area (Å²) in [4.78, 5) is 30.2. The minimum atomic E-state index is -4.44. The van der Waals surface area contributed by atoms with E-state index in [-0.39, 0.29) is 17.6 Å². The topological polar surface area (TPSA) is 104 Å². The number of aryl methyl sites for hydroxylation is 2. The van der Waals surface area contributed by atoms with Crippen molar-refractivity contribution >= 4 is 40.8 Å². The number of aliphatic imine (C=N–C) groups is 1. The fourth-order valence-corrected chi connectivity index (χ4v) is 4.74. The number of guanidine groups is 1. The zero-order chi connectivity index (χ0) is 29.9. The van der Waals surface area contributed by atoms with Crippen molar-refractivity contribution in [2.45, 2.75) is 26.1 Å². The molecule has 2 N–H and O–H groups in total. The fraction of sp³-hybridized carbons (Fsp3) is 0.321. The van der Waals surface area contributed by atoms with E-state index in [9.17, 15) is 18.0 Å². The summed E-state index contributed by atoms with van der Waals surface area (Å²) in [5, 5.41) is 5.99. The molecule has 0 aliphatic carbocycles. The number of hydrogen-bond acceptors (Lipinski definition) is 6. The lowest BCUT2D eigenvalue weighted by Crippen LogP contribution is -2.56. The van der Waals surface area contributed by atoms with Gasteiger partial charge in [0.1, 0.15) is 6.61 Å². The van der Waals surface area contributed by atoms with Crippen LogP contribution in [0.5, 0.6) is 11.5 Å². The van der Waals surface area contributed by atoms with Crippen LogP contribution in [0, 0.1) is 13.8 Å². The molecule has 2 aromatic carbocycles. The number of piperazine rings is 1. The van der Waals surface area contributed by atoms with E-state index in [0.29, 0.717) is 55.3 Å². The van der Waals surface area contributed by atoms with Crippen molar-refractivity contribution in [3.8, 4) is 11.5 Å². The summed E-state index contributed by atoms with van der Waals surface area (Å²) in [6, 6.07) is 13.5. The molecule has 1 amide bonds. The van der Waals surface area contributed by atoms with Crippen molar-refractivity contribution in [2.75, 3.05) is 43.4 Å². The molecule has 14 heteroatoms. The Labute approximate surface area is 245 Å². The predicted molar refractivity (Wildman–Crippen MR) is 155 cm³/mol. The predicted octanol–water partition coefficient (Wildman–Crippen LogP) is 4.26. The quantitative estimate of drug-likeness (QED) is 0.260. The summed E-state index contributed by atoms with van der Waals surface area (Å²) < 4.78 is 50.4. The number of halogens is 3. The summed E-state index contributed by atoms with van der Waals surface area (Å²) in [6.45, 7) is 5.39. The van der Waals surface area contributed by atoms with E-state index in [4.69, 9.17) is 21.7 Å². The molecule has 0 saturated carbocycles. The molecule has 2 aliphatic rings. The van der Waals surface area contributed by atoms with E-state index in [1.54, 1.807) is 17.0 Å². The lowest BCUT2D eigenvalue weighted by molar-refractivity contribution is -0.142. The first-order valence-electron chi connectivity index (χ1n) is 13.1. The Hall–Kier alpha value is -4.46. The number of carbonyl (C=O) groups excluding carboxylic acids is 1. The Morgan fingerprint density at radius 1 is 0.952 bits per heavy atom. The maximum absolute atomic E-state index is 13.2. The average Bonchev–Trinajstić information content (AvgIpc) is 2.95. The van der Waals surface area contributed by atoms with Crippen molar-refractivity contribution in [1.82, 2.24) is 19.8 Å². The molecule has 3 heterocycles. The number of alkyl halides is 3. The number of benzene rings is 2. The third kappa shape index (κ3) is 7.05. The first kappa shape index (κ1) is 29.0. The average molecular weight is 600 g/mol. The van der Waals surface area contributed by atoms with Gasteiger partial charge in [0.05, 0.1) is 5.56 Å². The van der Waals surface area contributed by atoms with Crippen molar-refractivity contribution in [1.29, 1.82) is 0 Å². The Morgan fingerprint density at radius 2 is 1.57 bits per heavy atom. The highest BCUT2D eigenvalue weighted by atomic mass is 32.1. The molecular formula is C28H28F3N7O3S. The molecule has 1 unspecified atom stereocenters. The molecule has 42 heavy (non-hydrogen) atoms. The van der Waals surface area contributed by atoms with E-state index >= 15 is 0 Å². The lowest BCUT2D eigenvalue weighted by atomic mass is 10.2. The van der Waals surface area contributed by atoms with E-state index in [0.717, 1.165) is 23.5 Å². The van der Waals surface area contributed by atoms with E-state index in [1.165, 1.54) is 12.1 Å². The Bertz CT molecular complexity index is 1470. The molecule has 1 aromatic heterocycles. The number of fused-ring (bicyclic) bond motifs is 1. The van der Waals surface area contributed by atoms with E-state index in [1.807, 2.05) is 36.9 Å². The number of ether oxygens (including phenoxy) is 2. The van der Waals surface area contributed by atoms with Crippen LogP contribution in [-0.2, 0) is 11.0 Å². The summed E-state index contributed by atoms with van der Waals surface area (Å²) in [7, 11) is 0. The number of nitrogens with zero attached hydrogens (tertiary/aromatic N) is 5. The number of carbonyl (C=O) groups is 1.